The Balaban J connectivity index is 1.77. The topological polar surface area (TPSA) is 93.6 Å². The summed E-state index contributed by atoms with van der Waals surface area (Å²) in [4.78, 5) is 26.3. The van der Waals surface area contributed by atoms with E-state index >= 15 is 0 Å². The van der Waals surface area contributed by atoms with Gasteiger partial charge in [0.15, 0.2) is 0 Å². The highest BCUT2D eigenvalue weighted by atomic mass is 16.5. The third-order valence-electron chi connectivity index (χ3n) is 3.96. The van der Waals surface area contributed by atoms with Gasteiger partial charge in [-0.1, -0.05) is 0 Å². The molecule has 0 aliphatic heterocycles. The van der Waals surface area contributed by atoms with Crippen molar-refractivity contribution in [3.63, 3.8) is 0 Å². The molecule has 2 heterocycles. The van der Waals surface area contributed by atoms with Crippen LogP contribution in [0.3, 0.4) is 0 Å². The molecule has 0 aliphatic carbocycles. The van der Waals surface area contributed by atoms with Gasteiger partial charge in [-0.25, -0.2) is 4.79 Å². The van der Waals surface area contributed by atoms with E-state index in [-0.39, 0.29) is 24.1 Å². The molecule has 0 radical (unpaired) electrons. The molecule has 0 spiro atoms. The van der Waals surface area contributed by atoms with Gasteiger partial charge in [-0.05, 0) is 24.3 Å². The summed E-state index contributed by atoms with van der Waals surface area (Å²) in [5, 5.41) is 3.74. The fourth-order valence-electron chi connectivity index (χ4n) is 2.61. The largest absolute Gasteiger partial charge is 0.497 e. The zero-order valence-corrected chi connectivity index (χ0v) is 13.9. The number of benzene rings is 1. The highest BCUT2D eigenvalue weighted by molar-refractivity contribution is 5.93. The Morgan fingerprint density at radius 3 is 2.80 bits per heavy atom. The number of H-pyrrole nitrogens is 1. The number of hydrogen-bond acceptors (Lipinski definition) is 5. The molecule has 3 aromatic rings. The van der Waals surface area contributed by atoms with Crippen LogP contribution in [-0.4, -0.2) is 31.7 Å². The lowest BCUT2D eigenvalue weighted by Crippen LogP contribution is -2.29. The fourth-order valence-corrected chi connectivity index (χ4v) is 2.61. The van der Waals surface area contributed by atoms with E-state index in [0.29, 0.717) is 0 Å². The average Bonchev–Trinajstić information content (AvgIpc) is 3.05. The van der Waals surface area contributed by atoms with Crippen LogP contribution in [0.1, 0.15) is 22.0 Å². The van der Waals surface area contributed by atoms with Crippen molar-refractivity contribution in [3.05, 3.63) is 64.3 Å². The number of fused-ring (bicyclic) bond motifs is 1. The highest BCUT2D eigenvalue weighted by Gasteiger charge is 2.17. The molecule has 2 aromatic heterocycles. The van der Waals surface area contributed by atoms with Gasteiger partial charge >= 0.3 is 5.63 Å². The first kappa shape index (κ1) is 16.8. The maximum atomic E-state index is 12.2. The molecule has 3 rings (SSSR count). The van der Waals surface area contributed by atoms with Gasteiger partial charge in [0.25, 0.3) is 5.91 Å². The molecule has 0 saturated carbocycles. The molecule has 1 unspecified atom stereocenters. The number of aromatic nitrogens is 1. The van der Waals surface area contributed by atoms with E-state index < -0.39 is 5.63 Å². The van der Waals surface area contributed by atoms with Gasteiger partial charge in [0.2, 0.25) is 0 Å². The number of ether oxygens (including phenoxy) is 2. The molecule has 0 saturated heterocycles. The lowest BCUT2D eigenvalue weighted by molar-refractivity contribution is 0.0830. The Hall–Kier alpha value is -3.06. The Labute approximate surface area is 143 Å². The zero-order chi connectivity index (χ0) is 17.8. The van der Waals surface area contributed by atoms with E-state index in [2.05, 4.69) is 10.3 Å². The van der Waals surface area contributed by atoms with Crippen molar-refractivity contribution in [2.75, 3.05) is 20.8 Å². The van der Waals surface area contributed by atoms with Gasteiger partial charge in [-0.2, -0.15) is 0 Å². The van der Waals surface area contributed by atoms with Crippen LogP contribution < -0.4 is 15.7 Å². The molecule has 130 valence electrons. The van der Waals surface area contributed by atoms with Crippen LogP contribution in [0.5, 0.6) is 5.75 Å². The van der Waals surface area contributed by atoms with Crippen molar-refractivity contribution in [1.82, 2.24) is 10.3 Å². The summed E-state index contributed by atoms with van der Waals surface area (Å²) in [5.74, 6) is 0.398. The molecular formula is C18H18N2O5. The van der Waals surface area contributed by atoms with Crippen molar-refractivity contribution in [2.45, 2.75) is 6.10 Å². The molecule has 1 aromatic carbocycles. The second-order valence-electron chi connectivity index (χ2n) is 5.43. The fraction of sp³-hybridized carbons (Fsp3) is 0.222. The van der Waals surface area contributed by atoms with Gasteiger partial charge in [0.1, 0.15) is 18.1 Å². The molecule has 7 heteroatoms. The zero-order valence-electron chi connectivity index (χ0n) is 13.9. The molecule has 1 amide bonds. The summed E-state index contributed by atoms with van der Waals surface area (Å²) in [6, 6.07) is 8.33. The molecule has 0 aliphatic rings. The number of hydrogen-bond donors (Lipinski definition) is 2. The molecule has 0 fully saturated rings. The third kappa shape index (κ3) is 3.56. The standard InChI is InChI=1S/C18H18N2O5/c1-23-12-4-5-15-13(7-12)14(8-19-15)16(24-2)9-20-18(22)11-3-6-17(21)25-10-11/h3-8,10,16,19H,9H2,1-2H3,(H,20,22). The van der Waals surface area contributed by atoms with E-state index in [9.17, 15) is 9.59 Å². The first-order valence-electron chi connectivity index (χ1n) is 7.67. The molecule has 0 bridgehead atoms. The minimum Gasteiger partial charge on any atom is -0.497 e. The number of methoxy groups -OCH3 is 2. The van der Waals surface area contributed by atoms with Crippen molar-refractivity contribution < 1.29 is 18.7 Å². The van der Waals surface area contributed by atoms with Crippen LogP contribution >= 0.6 is 0 Å². The second-order valence-corrected chi connectivity index (χ2v) is 5.43. The van der Waals surface area contributed by atoms with Gasteiger partial charge < -0.3 is 24.2 Å². The van der Waals surface area contributed by atoms with Crippen LogP contribution in [0.4, 0.5) is 0 Å². The SMILES string of the molecule is COc1ccc2[nH]cc(C(CNC(=O)c3ccc(=O)oc3)OC)c2c1. The van der Waals surface area contributed by atoms with Gasteiger partial charge in [0, 0.05) is 42.4 Å². The summed E-state index contributed by atoms with van der Waals surface area (Å²) in [5.41, 5.74) is 1.64. The summed E-state index contributed by atoms with van der Waals surface area (Å²) in [7, 11) is 3.19. The van der Waals surface area contributed by atoms with Crippen LogP contribution in [0.2, 0.25) is 0 Å². The van der Waals surface area contributed by atoms with Gasteiger partial charge in [-0.15, -0.1) is 0 Å². The minimum atomic E-state index is -0.501. The average molecular weight is 342 g/mol. The predicted molar refractivity (Wildman–Crippen MR) is 91.9 cm³/mol. The van der Waals surface area contributed by atoms with E-state index in [1.807, 2.05) is 24.4 Å². The summed E-state index contributed by atoms with van der Waals surface area (Å²) < 4.78 is 15.5. The van der Waals surface area contributed by atoms with E-state index in [0.717, 1.165) is 28.5 Å². The van der Waals surface area contributed by atoms with Crippen molar-refractivity contribution in [2.24, 2.45) is 0 Å². The first-order valence-corrected chi connectivity index (χ1v) is 7.67. The smallest absolute Gasteiger partial charge is 0.335 e. The number of carbonyl (C=O) groups excluding carboxylic acids is 1. The van der Waals surface area contributed by atoms with Crippen LogP contribution in [0, 0.1) is 0 Å². The van der Waals surface area contributed by atoms with Crippen LogP contribution in [0.25, 0.3) is 10.9 Å². The summed E-state index contributed by atoms with van der Waals surface area (Å²) in [6.45, 7) is 0.263. The van der Waals surface area contributed by atoms with E-state index in [1.54, 1.807) is 14.2 Å². The van der Waals surface area contributed by atoms with Crippen molar-refractivity contribution in [3.8, 4) is 5.75 Å². The van der Waals surface area contributed by atoms with E-state index in [4.69, 9.17) is 13.9 Å². The lowest BCUT2D eigenvalue weighted by Gasteiger charge is -2.16. The normalized spacial score (nSPS) is 12.1. The number of aromatic amines is 1. The Morgan fingerprint density at radius 1 is 1.28 bits per heavy atom. The molecule has 2 N–H and O–H groups in total. The van der Waals surface area contributed by atoms with Crippen molar-refractivity contribution in [1.29, 1.82) is 0 Å². The van der Waals surface area contributed by atoms with Gasteiger partial charge in [-0.3, -0.25) is 4.79 Å². The maximum Gasteiger partial charge on any atom is 0.335 e. The monoisotopic (exact) mass is 342 g/mol. The quantitative estimate of drug-likeness (QED) is 0.716. The number of nitrogens with one attached hydrogen (secondary N) is 2. The third-order valence-corrected chi connectivity index (χ3v) is 3.96. The molecule has 7 nitrogen and oxygen atoms in total. The molecule has 25 heavy (non-hydrogen) atoms. The van der Waals surface area contributed by atoms with E-state index in [1.165, 1.54) is 12.1 Å². The Morgan fingerprint density at radius 2 is 2.12 bits per heavy atom. The highest BCUT2D eigenvalue weighted by Crippen LogP contribution is 2.29. The van der Waals surface area contributed by atoms with Crippen LogP contribution in [-0.2, 0) is 4.74 Å². The number of amides is 1. The molecule has 1 atom stereocenters. The van der Waals surface area contributed by atoms with Crippen molar-refractivity contribution >= 4 is 16.8 Å². The summed E-state index contributed by atoms with van der Waals surface area (Å²) >= 11 is 0. The Kier molecular flexibility index (Phi) is 4.85. The van der Waals surface area contributed by atoms with Gasteiger partial charge in [0.05, 0.1) is 12.7 Å². The Bertz CT molecular complexity index is 924. The second kappa shape index (κ2) is 7.23. The predicted octanol–water partition coefficient (Wildman–Crippen LogP) is 2.25. The first-order chi connectivity index (χ1) is 12.1. The number of carbonyl (C=O) groups is 1. The summed E-state index contributed by atoms with van der Waals surface area (Å²) in [6.07, 6.45) is 2.64. The number of rotatable bonds is 6. The minimum absolute atomic E-state index is 0.263. The molecular weight excluding hydrogens is 324 g/mol. The lowest BCUT2D eigenvalue weighted by atomic mass is 10.1. The maximum absolute atomic E-state index is 12.2. The van der Waals surface area contributed by atoms with Crippen LogP contribution in [0.15, 0.2) is 52.0 Å².